The van der Waals surface area contributed by atoms with Gasteiger partial charge >= 0.3 is 0 Å². The molecule has 0 spiro atoms. The van der Waals surface area contributed by atoms with Crippen molar-refractivity contribution in [3.63, 3.8) is 0 Å². The van der Waals surface area contributed by atoms with E-state index in [1.165, 1.54) is 0 Å². The molecule has 0 fully saturated rings. The van der Waals surface area contributed by atoms with Gasteiger partial charge in [-0.05, 0) is 25.2 Å². The van der Waals surface area contributed by atoms with Crippen LogP contribution in [0.2, 0.25) is 0 Å². The summed E-state index contributed by atoms with van der Waals surface area (Å²) in [5, 5.41) is 0. The summed E-state index contributed by atoms with van der Waals surface area (Å²) in [5.74, 6) is 0.798. The second-order valence-corrected chi connectivity index (χ2v) is 4.21. The summed E-state index contributed by atoms with van der Waals surface area (Å²) in [6.07, 6.45) is 3.26. The van der Waals surface area contributed by atoms with Crippen LogP contribution in [0.15, 0.2) is 0 Å². The van der Waals surface area contributed by atoms with E-state index in [2.05, 4.69) is 20.8 Å². The highest BCUT2D eigenvalue weighted by Crippen LogP contribution is 2.12. The zero-order valence-electron chi connectivity index (χ0n) is 10.0. The number of carbonyl (C=O) groups is 1. The fraction of sp³-hybridized carbons (Fsp3) is 0.917. The second-order valence-electron chi connectivity index (χ2n) is 4.21. The minimum Gasteiger partial charge on any atom is -0.370 e. The molecule has 0 aromatic rings. The second kappa shape index (κ2) is 7.98. The van der Waals surface area contributed by atoms with E-state index in [1.54, 1.807) is 0 Å². The lowest BCUT2D eigenvalue weighted by Crippen LogP contribution is -2.26. The maximum Gasteiger partial charge on any atom is 0.161 e. The molecule has 0 heterocycles. The van der Waals surface area contributed by atoms with Gasteiger partial charge in [0.05, 0.1) is 0 Å². The average Bonchev–Trinajstić information content (AvgIpc) is 2.12. The van der Waals surface area contributed by atoms with Gasteiger partial charge in [0, 0.05) is 13.0 Å². The van der Waals surface area contributed by atoms with Crippen LogP contribution in [0.1, 0.15) is 53.4 Å². The Balaban J connectivity index is 4.01. The Bertz CT molecular complexity index is 152. The summed E-state index contributed by atoms with van der Waals surface area (Å²) in [4.78, 5) is 11.7. The SMILES string of the molecule is CCCOC(CC(C)C)C(=O)CCC. The predicted molar refractivity (Wildman–Crippen MR) is 59.4 cm³/mol. The fourth-order valence-electron chi connectivity index (χ4n) is 1.39. The molecule has 0 radical (unpaired) electrons. The lowest BCUT2D eigenvalue weighted by atomic mass is 10.0. The molecule has 0 aliphatic carbocycles. The molecule has 0 saturated carbocycles. The minimum atomic E-state index is -0.158. The van der Waals surface area contributed by atoms with E-state index in [9.17, 15) is 4.79 Å². The number of Topliss-reactive ketones (excluding diaryl/α,β-unsaturated/α-hetero) is 1. The molecule has 1 atom stereocenters. The van der Waals surface area contributed by atoms with Gasteiger partial charge in [-0.15, -0.1) is 0 Å². The van der Waals surface area contributed by atoms with E-state index in [0.717, 1.165) is 19.3 Å². The maximum absolute atomic E-state index is 11.7. The van der Waals surface area contributed by atoms with Crippen molar-refractivity contribution in [2.45, 2.75) is 59.5 Å². The zero-order chi connectivity index (χ0) is 11.0. The van der Waals surface area contributed by atoms with Crippen molar-refractivity contribution in [2.24, 2.45) is 5.92 Å². The van der Waals surface area contributed by atoms with Crippen LogP contribution < -0.4 is 0 Å². The van der Waals surface area contributed by atoms with Crippen LogP contribution in [0, 0.1) is 5.92 Å². The van der Waals surface area contributed by atoms with Crippen LogP contribution in [-0.4, -0.2) is 18.5 Å². The van der Waals surface area contributed by atoms with Crippen molar-refractivity contribution in [3.8, 4) is 0 Å². The van der Waals surface area contributed by atoms with Crippen molar-refractivity contribution < 1.29 is 9.53 Å². The Hall–Kier alpha value is -0.370. The topological polar surface area (TPSA) is 26.3 Å². The largest absolute Gasteiger partial charge is 0.370 e. The lowest BCUT2D eigenvalue weighted by Gasteiger charge is -2.18. The van der Waals surface area contributed by atoms with Crippen molar-refractivity contribution in [1.29, 1.82) is 0 Å². The third-order valence-corrected chi connectivity index (χ3v) is 2.06. The van der Waals surface area contributed by atoms with Crippen molar-refractivity contribution >= 4 is 5.78 Å². The van der Waals surface area contributed by atoms with Crippen molar-refractivity contribution in [3.05, 3.63) is 0 Å². The number of carbonyl (C=O) groups excluding carboxylic acids is 1. The summed E-state index contributed by atoms with van der Waals surface area (Å²) in [7, 11) is 0. The Morgan fingerprint density at radius 2 is 1.86 bits per heavy atom. The van der Waals surface area contributed by atoms with Gasteiger partial charge in [0.15, 0.2) is 5.78 Å². The molecule has 0 aliphatic heterocycles. The highest BCUT2D eigenvalue weighted by Gasteiger charge is 2.18. The molecule has 14 heavy (non-hydrogen) atoms. The minimum absolute atomic E-state index is 0.158. The molecule has 0 rings (SSSR count). The molecule has 0 amide bonds. The van der Waals surface area contributed by atoms with Crippen LogP contribution in [0.25, 0.3) is 0 Å². The van der Waals surface area contributed by atoms with Crippen LogP contribution in [0.4, 0.5) is 0 Å². The van der Waals surface area contributed by atoms with E-state index in [-0.39, 0.29) is 11.9 Å². The third kappa shape index (κ3) is 6.14. The average molecular weight is 200 g/mol. The first-order chi connectivity index (χ1) is 6.61. The third-order valence-electron chi connectivity index (χ3n) is 2.06. The quantitative estimate of drug-likeness (QED) is 0.601. The van der Waals surface area contributed by atoms with Gasteiger partial charge in [-0.25, -0.2) is 0 Å². The number of hydrogen-bond acceptors (Lipinski definition) is 2. The van der Waals surface area contributed by atoms with Crippen molar-refractivity contribution in [1.82, 2.24) is 0 Å². The molecule has 2 heteroatoms. The van der Waals surface area contributed by atoms with E-state index in [1.807, 2.05) is 6.92 Å². The van der Waals surface area contributed by atoms with Crippen LogP contribution in [0.3, 0.4) is 0 Å². The molecule has 0 bridgehead atoms. The van der Waals surface area contributed by atoms with E-state index < -0.39 is 0 Å². The van der Waals surface area contributed by atoms with Gasteiger partial charge in [0.25, 0.3) is 0 Å². The summed E-state index contributed by atoms with van der Waals surface area (Å²) in [6.45, 7) is 9.05. The summed E-state index contributed by atoms with van der Waals surface area (Å²) in [5.41, 5.74) is 0. The Labute approximate surface area is 88.0 Å². The first-order valence-electron chi connectivity index (χ1n) is 5.76. The molecule has 0 N–H and O–H groups in total. The summed E-state index contributed by atoms with van der Waals surface area (Å²) < 4.78 is 5.57. The predicted octanol–water partition coefficient (Wildman–Crippen LogP) is 3.20. The van der Waals surface area contributed by atoms with Gasteiger partial charge in [-0.3, -0.25) is 4.79 Å². The van der Waals surface area contributed by atoms with E-state index in [0.29, 0.717) is 18.9 Å². The van der Waals surface area contributed by atoms with E-state index in [4.69, 9.17) is 4.74 Å². The van der Waals surface area contributed by atoms with Crippen LogP contribution >= 0.6 is 0 Å². The first kappa shape index (κ1) is 13.6. The molecule has 0 aliphatic rings. The number of rotatable bonds is 8. The van der Waals surface area contributed by atoms with Gasteiger partial charge in [-0.2, -0.15) is 0 Å². The van der Waals surface area contributed by atoms with Crippen LogP contribution in [0.5, 0.6) is 0 Å². The smallest absolute Gasteiger partial charge is 0.161 e. The van der Waals surface area contributed by atoms with Crippen molar-refractivity contribution in [2.75, 3.05) is 6.61 Å². The molecule has 84 valence electrons. The highest BCUT2D eigenvalue weighted by atomic mass is 16.5. The van der Waals surface area contributed by atoms with Crippen LogP contribution in [-0.2, 0) is 9.53 Å². The van der Waals surface area contributed by atoms with Gasteiger partial charge in [-0.1, -0.05) is 27.7 Å². The number of hydrogen-bond donors (Lipinski definition) is 0. The van der Waals surface area contributed by atoms with Gasteiger partial charge < -0.3 is 4.74 Å². The molecule has 1 unspecified atom stereocenters. The normalized spacial score (nSPS) is 13.2. The monoisotopic (exact) mass is 200 g/mol. The van der Waals surface area contributed by atoms with Gasteiger partial charge in [0.1, 0.15) is 6.10 Å². The highest BCUT2D eigenvalue weighted by molar-refractivity contribution is 5.82. The molecule has 2 nitrogen and oxygen atoms in total. The Kier molecular flexibility index (Phi) is 7.77. The van der Waals surface area contributed by atoms with E-state index >= 15 is 0 Å². The zero-order valence-corrected chi connectivity index (χ0v) is 10.0. The fourth-order valence-corrected chi connectivity index (χ4v) is 1.39. The Morgan fingerprint density at radius 1 is 1.21 bits per heavy atom. The number of ketones is 1. The molecular formula is C12H24O2. The molecular weight excluding hydrogens is 176 g/mol. The summed E-state index contributed by atoms with van der Waals surface area (Å²) in [6, 6.07) is 0. The molecule has 0 saturated heterocycles. The Morgan fingerprint density at radius 3 is 2.29 bits per heavy atom. The first-order valence-corrected chi connectivity index (χ1v) is 5.76. The maximum atomic E-state index is 11.7. The number of ether oxygens (including phenoxy) is 1. The molecule has 0 aromatic carbocycles. The van der Waals surface area contributed by atoms with Gasteiger partial charge in [0.2, 0.25) is 0 Å². The standard InChI is InChI=1S/C12H24O2/c1-5-7-11(13)12(9-10(3)4)14-8-6-2/h10,12H,5-9H2,1-4H3. The molecule has 0 aromatic heterocycles. The lowest BCUT2D eigenvalue weighted by molar-refractivity contribution is -0.131. The summed E-state index contributed by atoms with van der Waals surface area (Å²) >= 11 is 0.